The lowest BCUT2D eigenvalue weighted by molar-refractivity contribution is 1.20. The summed E-state index contributed by atoms with van der Waals surface area (Å²) in [5.41, 5.74) is 5.13. The highest BCUT2D eigenvalue weighted by atomic mass is 28.3. The molecule has 0 aliphatic rings. The monoisotopic (exact) mass is 389 g/mol. The number of pyridine rings is 1. The van der Waals surface area contributed by atoms with Crippen LogP contribution in [0.3, 0.4) is 0 Å². The topological polar surface area (TPSA) is 12.9 Å². The van der Waals surface area contributed by atoms with Crippen molar-refractivity contribution in [2.24, 2.45) is 0 Å². The molecule has 0 atom stereocenters. The molecule has 0 amide bonds. The minimum absolute atomic E-state index is 0.987. The van der Waals surface area contributed by atoms with Gasteiger partial charge >= 0.3 is 0 Å². The van der Waals surface area contributed by atoms with Gasteiger partial charge in [-0.05, 0) is 34.9 Å². The van der Waals surface area contributed by atoms with Gasteiger partial charge in [0.1, 0.15) is 0 Å². The molecular formula is C24H31NSi2. The molecule has 0 aliphatic heterocycles. The summed E-state index contributed by atoms with van der Waals surface area (Å²) in [7, 11) is -2.71. The molecule has 1 nitrogen and oxygen atoms in total. The Labute approximate surface area is 166 Å². The predicted molar refractivity (Wildman–Crippen MR) is 125 cm³/mol. The molecule has 0 saturated heterocycles. The summed E-state index contributed by atoms with van der Waals surface area (Å²) in [5, 5.41) is 2.96. The van der Waals surface area contributed by atoms with Crippen LogP contribution in [-0.2, 0) is 6.42 Å². The second kappa shape index (κ2) is 7.57. The molecule has 0 N–H and O–H groups in total. The minimum atomic E-state index is -1.40. The van der Waals surface area contributed by atoms with Crippen molar-refractivity contribution in [3.05, 3.63) is 78.0 Å². The standard InChI is InChI=1S/C24H31NSi2/c1-26(2,3)22-13-14-23(25-18-22)20-12-15-24(27(4,5)6)21(17-20)16-19-10-8-7-9-11-19/h7-15,17-18H,16H2,1-6H3. The Bertz CT molecular complexity index is 902. The van der Waals surface area contributed by atoms with Gasteiger partial charge in [-0.15, -0.1) is 0 Å². The van der Waals surface area contributed by atoms with E-state index in [1.54, 1.807) is 5.19 Å². The van der Waals surface area contributed by atoms with Gasteiger partial charge in [0.2, 0.25) is 0 Å². The van der Waals surface area contributed by atoms with E-state index in [-0.39, 0.29) is 0 Å². The van der Waals surface area contributed by atoms with E-state index in [4.69, 9.17) is 4.98 Å². The first-order valence-electron chi connectivity index (χ1n) is 9.79. The molecule has 1 heterocycles. The van der Waals surface area contributed by atoms with Gasteiger partial charge in [0.05, 0.1) is 21.8 Å². The quantitative estimate of drug-likeness (QED) is 0.530. The molecule has 0 saturated carbocycles. The first kappa shape index (κ1) is 19.8. The average Bonchev–Trinajstić information content (AvgIpc) is 2.61. The summed E-state index contributed by atoms with van der Waals surface area (Å²) < 4.78 is 0. The first-order valence-corrected chi connectivity index (χ1v) is 16.8. The van der Waals surface area contributed by atoms with Gasteiger partial charge in [0.15, 0.2) is 0 Å². The summed E-state index contributed by atoms with van der Waals surface area (Å²) in [6.07, 6.45) is 3.08. The van der Waals surface area contributed by atoms with Crippen LogP contribution in [0.4, 0.5) is 0 Å². The van der Waals surface area contributed by atoms with Crippen LogP contribution < -0.4 is 10.4 Å². The number of hydrogen-bond donors (Lipinski definition) is 0. The first-order chi connectivity index (χ1) is 12.6. The molecule has 140 valence electrons. The third-order valence-corrected chi connectivity index (χ3v) is 9.21. The lowest BCUT2D eigenvalue weighted by Crippen LogP contribution is -2.40. The van der Waals surface area contributed by atoms with Gasteiger partial charge in [0, 0.05) is 11.8 Å². The zero-order valence-corrected chi connectivity index (χ0v) is 19.5. The molecule has 3 rings (SSSR count). The Balaban J connectivity index is 2.01. The third-order valence-electron chi connectivity index (χ3n) is 5.08. The number of nitrogens with zero attached hydrogens (tertiary/aromatic N) is 1. The maximum absolute atomic E-state index is 4.80. The average molecular weight is 390 g/mol. The molecule has 0 fully saturated rings. The van der Waals surface area contributed by atoms with Crippen LogP contribution in [0.25, 0.3) is 11.3 Å². The summed E-state index contributed by atoms with van der Waals surface area (Å²) in [6, 6.07) is 22.3. The molecule has 2 aromatic carbocycles. The molecule has 0 aliphatic carbocycles. The van der Waals surface area contributed by atoms with Gasteiger partial charge in [-0.3, -0.25) is 4.98 Å². The lowest BCUT2D eigenvalue weighted by Gasteiger charge is -2.22. The number of benzene rings is 2. The molecule has 0 unspecified atom stereocenters. The highest BCUT2D eigenvalue weighted by molar-refractivity contribution is 6.89. The van der Waals surface area contributed by atoms with E-state index in [0.29, 0.717) is 0 Å². The van der Waals surface area contributed by atoms with E-state index in [2.05, 4.69) is 106 Å². The van der Waals surface area contributed by atoms with Crippen molar-refractivity contribution in [2.45, 2.75) is 45.7 Å². The summed E-state index contributed by atoms with van der Waals surface area (Å²) in [5.74, 6) is 0. The van der Waals surface area contributed by atoms with Gasteiger partial charge in [-0.1, -0.05) is 93.0 Å². The van der Waals surface area contributed by atoms with Crippen LogP contribution in [0.1, 0.15) is 11.1 Å². The summed E-state index contributed by atoms with van der Waals surface area (Å²) in [4.78, 5) is 4.80. The van der Waals surface area contributed by atoms with Crippen LogP contribution >= 0.6 is 0 Å². The fourth-order valence-electron chi connectivity index (χ4n) is 3.46. The Morgan fingerprint density at radius 1 is 0.741 bits per heavy atom. The van der Waals surface area contributed by atoms with E-state index in [1.807, 2.05) is 0 Å². The summed E-state index contributed by atoms with van der Waals surface area (Å²) >= 11 is 0. The zero-order valence-electron chi connectivity index (χ0n) is 17.5. The van der Waals surface area contributed by atoms with Crippen molar-refractivity contribution in [3.8, 4) is 11.3 Å². The predicted octanol–water partition coefficient (Wildman–Crippen LogP) is 5.43. The van der Waals surface area contributed by atoms with Crippen molar-refractivity contribution in [2.75, 3.05) is 0 Å². The number of aromatic nitrogens is 1. The van der Waals surface area contributed by atoms with Crippen molar-refractivity contribution < 1.29 is 0 Å². The van der Waals surface area contributed by atoms with Crippen LogP contribution in [0, 0.1) is 0 Å². The molecule has 0 bridgehead atoms. The van der Waals surface area contributed by atoms with Gasteiger partial charge in [0.25, 0.3) is 0 Å². The fraction of sp³-hybridized carbons (Fsp3) is 0.292. The van der Waals surface area contributed by atoms with Crippen molar-refractivity contribution in [1.82, 2.24) is 4.98 Å². The Morgan fingerprint density at radius 3 is 2.00 bits per heavy atom. The summed E-state index contributed by atoms with van der Waals surface area (Å²) in [6.45, 7) is 14.4. The fourth-order valence-corrected chi connectivity index (χ4v) is 6.20. The SMILES string of the molecule is C[Si](C)(C)c1ccc(-c2ccc([Si](C)(C)C)c(Cc3ccccc3)c2)nc1. The van der Waals surface area contributed by atoms with Crippen LogP contribution in [-0.4, -0.2) is 21.1 Å². The van der Waals surface area contributed by atoms with E-state index in [1.165, 1.54) is 21.9 Å². The molecule has 0 radical (unpaired) electrons. The molecule has 0 spiro atoms. The highest BCUT2D eigenvalue weighted by Crippen LogP contribution is 2.21. The lowest BCUT2D eigenvalue weighted by atomic mass is 10.0. The smallest absolute Gasteiger partial charge is 0.0796 e. The molecule has 27 heavy (non-hydrogen) atoms. The van der Waals surface area contributed by atoms with Crippen molar-refractivity contribution >= 4 is 26.5 Å². The van der Waals surface area contributed by atoms with Crippen LogP contribution in [0.2, 0.25) is 39.3 Å². The van der Waals surface area contributed by atoms with E-state index >= 15 is 0 Å². The van der Waals surface area contributed by atoms with E-state index < -0.39 is 16.1 Å². The van der Waals surface area contributed by atoms with E-state index in [9.17, 15) is 0 Å². The van der Waals surface area contributed by atoms with Crippen LogP contribution in [0.15, 0.2) is 66.9 Å². The zero-order chi connectivity index (χ0) is 19.7. The van der Waals surface area contributed by atoms with Gasteiger partial charge in [-0.25, -0.2) is 0 Å². The second-order valence-electron chi connectivity index (χ2n) is 9.47. The number of rotatable bonds is 5. The molecule has 3 heteroatoms. The van der Waals surface area contributed by atoms with E-state index in [0.717, 1.165) is 12.1 Å². The van der Waals surface area contributed by atoms with Crippen LogP contribution in [0.5, 0.6) is 0 Å². The second-order valence-corrected chi connectivity index (χ2v) is 19.6. The normalized spacial score (nSPS) is 12.2. The molecule has 1 aromatic heterocycles. The maximum atomic E-state index is 4.80. The van der Waals surface area contributed by atoms with Gasteiger partial charge < -0.3 is 0 Å². The third kappa shape index (κ3) is 4.85. The van der Waals surface area contributed by atoms with Crippen molar-refractivity contribution in [1.29, 1.82) is 0 Å². The Hall–Kier alpha value is -1.98. The maximum Gasteiger partial charge on any atom is 0.0796 e. The van der Waals surface area contributed by atoms with Gasteiger partial charge in [-0.2, -0.15) is 0 Å². The Morgan fingerprint density at radius 2 is 1.44 bits per heavy atom. The largest absolute Gasteiger partial charge is 0.256 e. The van der Waals surface area contributed by atoms with Crippen molar-refractivity contribution in [3.63, 3.8) is 0 Å². The molecular weight excluding hydrogens is 358 g/mol. The Kier molecular flexibility index (Phi) is 5.54. The number of hydrogen-bond acceptors (Lipinski definition) is 1. The highest BCUT2D eigenvalue weighted by Gasteiger charge is 2.21. The minimum Gasteiger partial charge on any atom is -0.256 e. The molecule has 3 aromatic rings.